The number of thiazole rings is 1. The zero-order valence-electron chi connectivity index (χ0n) is 30.6. The second-order valence-electron chi connectivity index (χ2n) is 15.6. The number of benzene rings is 1. The molecule has 0 unspecified atom stereocenters. The van der Waals surface area contributed by atoms with Gasteiger partial charge in [0.15, 0.2) is 0 Å². The number of fused-ring (bicyclic) bond motifs is 3. The van der Waals surface area contributed by atoms with E-state index in [0.717, 1.165) is 42.8 Å². The third-order valence-electron chi connectivity index (χ3n) is 11.9. The fraction of sp³-hybridized carbons (Fsp3) is 0.553. The van der Waals surface area contributed by atoms with Crippen LogP contribution in [0.2, 0.25) is 5.02 Å². The molecule has 2 aliphatic heterocycles. The van der Waals surface area contributed by atoms with Crippen LogP contribution in [0, 0.1) is 5.92 Å². The highest BCUT2D eigenvalue weighted by Crippen LogP contribution is 2.48. The van der Waals surface area contributed by atoms with Crippen LogP contribution in [0.1, 0.15) is 82.7 Å². The summed E-state index contributed by atoms with van der Waals surface area (Å²) >= 11 is 8.34. The Labute approximate surface area is 323 Å². The minimum absolute atomic E-state index is 0.0385. The van der Waals surface area contributed by atoms with Crippen LogP contribution in [-0.2, 0) is 19.6 Å². The van der Waals surface area contributed by atoms with E-state index < -0.39 is 50.3 Å². The second kappa shape index (κ2) is 14.0. The van der Waals surface area contributed by atoms with Crippen molar-refractivity contribution < 1.29 is 32.3 Å². The summed E-state index contributed by atoms with van der Waals surface area (Å²) in [5.41, 5.74) is 0.654. The number of hydrogen-bond donors (Lipinski definition) is 2. The minimum Gasteiger partial charge on any atom is -0.495 e. The van der Waals surface area contributed by atoms with Gasteiger partial charge in [-0.25, -0.2) is 23.2 Å². The Morgan fingerprint density at radius 1 is 1.13 bits per heavy atom. The molecule has 16 heteroatoms. The quantitative estimate of drug-likeness (QED) is 0.270. The third-order valence-corrected chi connectivity index (χ3v) is 15.3. The Balaban J connectivity index is 1.11. The van der Waals surface area contributed by atoms with Gasteiger partial charge in [0.1, 0.15) is 44.9 Å². The predicted molar refractivity (Wildman–Crippen MR) is 205 cm³/mol. The van der Waals surface area contributed by atoms with Gasteiger partial charge in [0.2, 0.25) is 15.9 Å². The first-order valence-corrected chi connectivity index (χ1v) is 21.4. The van der Waals surface area contributed by atoms with E-state index in [1.54, 1.807) is 24.9 Å². The highest BCUT2D eigenvalue weighted by molar-refractivity contribution is 7.91. The molecule has 4 heterocycles. The van der Waals surface area contributed by atoms with Crippen LogP contribution in [0.25, 0.3) is 21.6 Å². The molecular formula is C38H45ClN6O7S2. The van der Waals surface area contributed by atoms with Crippen LogP contribution in [-0.4, -0.2) is 95.7 Å². The number of nitrogens with one attached hydrogen (secondary N) is 2. The Bertz CT molecular complexity index is 2150. The van der Waals surface area contributed by atoms with E-state index in [1.807, 2.05) is 24.3 Å². The molecule has 3 aromatic rings. The number of carbonyl (C=O) groups is 3. The smallest absolute Gasteiger partial charge is 0.319 e. The molecule has 8 rings (SSSR count). The van der Waals surface area contributed by atoms with Crippen molar-refractivity contribution in [1.82, 2.24) is 29.8 Å². The molecule has 3 saturated carbocycles. The van der Waals surface area contributed by atoms with Gasteiger partial charge < -0.3 is 24.6 Å². The maximum absolute atomic E-state index is 14.3. The van der Waals surface area contributed by atoms with Crippen LogP contribution in [0.15, 0.2) is 35.7 Å². The standard InChI is InChI=1S/C38H45ClN6O7S2/c1-37(14-15-37)54(49,50)43-35(47)38-19-23(38)11-6-4-5-7-16-44(2)34(46)28-17-24(20-45(28)36(48)42-38)52-30-18-26(33-41-27(21-53-33)22-9-8-10-22)40-32-25(30)12-13-29(51-3)31(32)39/h6,11-13,18,21-24,28H,4-5,7-10,14-17,19-20H2,1-3H3,(H,42,48)(H,43,47)/b11-6-/t23-,24+,28+,38-/m1/s1. The predicted octanol–water partition coefficient (Wildman–Crippen LogP) is 5.77. The molecule has 2 aromatic heterocycles. The van der Waals surface area contributed by atoms with Crippen molar-refractivity contribution in [2.24, 2.45) is 5.92 Å². The van der Waals surface area contributed by atoms with Gasteiger partial charge in [-0.1, -0.05) is 30.2 Å². The summed E-state index contributed by atoms with van der Waals surface area (Å²) in [7, 11) is -0.680. The molecule has 3 aliphatic carbocycles. The first kappa shape index (κ1) is 37.0. The lowest BCUT2D eigenvalue weighted by atomic mass is 9.83. The van der Waals surface area contributed by atoms with E-state index in [2.05, 4.69) is 15.4 Å². The number of nitrogens with zero attached hydrogens (tertiary/aromatic N) is 4. The van der Waals surface area contributed by atoms with E-state index in [4.69, 9.17) is 31.0 Å². The molecule has 0 radical (unpaired) electrons. The molecule has 13 nitrogen and oxygen atoms in total. The summed E-state index contributed by atoms with van der Waals surface area (Å²) in [5.74, 6) is -0.00585. The zero-order chi connectivity index (χ0) is 38.0. The van der Waals surface area contributed by atoms with Gasteiger partial charge in [-0.15, -0.1) is 11.3 Å². The summed E-state index contributed by atoms with van der Waals surface area (Å²) in [4.78, 5) is 55.0. The van der Waals surface area contributed by atoms with E-state index in [0.29, 0.717) is 58.4 Å². The number of pyridine rings is 1. The second-order valence-corrected chi connectivity index (χ2v) is 19.0. The van der Waals surface area contributed by atoms with E-state index in [9.17, 15) is 22.8 Å². The van der Waals surface area contributed by atoms with E-state index in [-0.39, 0.29) is 25.3 Å². The average molecular weight is 797 g/mol. The van der Waals surface area contributed by atoms with Crippen LogP contribution in [0.4, 0.5) is 4.79 Å². The first-order valence-electron chi connectivity index (χ1n) is 18.7. The number of halogens is 1. The van der Waals surface area contributed by atoms with Crippen molar-refractivity contribution in [1.29, 1.82) is 0 Å². The number of allylic oxidation sites excluding steroid dienone is 1. The number of likely N-dealkylation sites (N-methyl/N-ethyl adjacent to an activating group) is 1. The van der Waals surface area contributed by atoms with Crippen molar-refractivity contribution >= 4 is 61.7 Å². The lowest BCUT2D eigenvalue weighted by Gasteiger charge is -2.30. The van der Waals surface area contributed by atoms with Crippen LogP contribution < -0.4 is 19.5 Å². The van der Waals surface area contributed by atoms with Gasteiger partial charge in [0, 0.05) is 48.7 Å². The normalized spacial score (nSPS) is 27.6. The Hall–Kier alpha value is -3.95. The molecule has 4 amide bonds. The van der Waals surface area contributed by atoms with Crippen molar-refractivity contribution in [2.45, 2.75) is 99.5 Å². The van der Waals surface area contributed by atoms with Crippen LogP contribution >= 0.6 is 22.9 Å². The number of rotatable bonds is 8. The van der Waals surface area contributed by atoms with Crippen molar-refractivity contribution in [2.75, 3.05) is 27.2 Å². The van der Waals surface area contributed by atoms with Crippen molar-refractivity contribution in [3.05, 3.63) is 46.4 Å². The van der Waals surface area contributed by atoms with Gasteiger partial charge in [-0.05, 0) is 70.4 Å². The Kier molecular flexibility index (Phi) is 9.57. The van der Waals surface area contributed by atoms with Gasteiger partial charge >= 0.3 is 6.03 Å². The molecule has 1 saturated heterocycles. The van der Waals surface area contributed by atoms with Gasteiger partial charge in [-0.2, -0.15) is 0 Å². The van der Waals surface area contributed by atoms with Crippen molar-refractivity contribution in [3.8, 4) is 22.2 Å². The largest absolute Gasteiger partial charge is 0.495 e. The molecule has 288 valence electrons. The first-order chi connectivity index (χ1) is 25.8. The van der Waals surface area contributed by atoms with Crippen LogP contribution in [0.3, 0.4) is 0 Å². The van der Waals surface area contributed by atoms with Gasteiger partial charge in [-0.3, -0.25) is 14.3 Å². The number of methoxy groups -OCH3 is 1. The molecule has 54 heavy (non-hydrogen) atoms. The minimum atomic E-state index is -3.95. The molecule has 1 aromatic carbocycles. The third kappa shape index (κ3) is 6.69. The SMILES string of the molecule is COc1ccc2c(O[C@H]3C[C@H]4C(=O)N(C)CCCC/C=C\[C@@H]5C[C@@]5(C(=O)NS(=O)(=O)C5(C)CC5)NC(=O)N4C3)cc(-c3nc(C4CCC4)cs3)nc2c1Cl. The molecule has 2 N–H and O–H groups in total. The Morgan fingerprint density at radius 2 is 1.93 bits per heavy atom. The number of hydrogen-bond acceptors (Lipinski definition) is 10. The number of aromatic nitrogens is 2. The fourth-order valence-corrected chi connectivity index (χ4v) is 10.1. The summed E-state index contributed by atoms with van der Waals surface area (Å²) < 4.78 is 39.7. The van der Waals surface area contributed by atoms with Crippen LogP contribution in [0.5, 0.6) is 11.5 Å². The lowest BCUT2D eigenvalue weighted by Crippen LogP contribution is -2.58. The van der Waals surface area contributed by atoms with Gasteiger partial charge in [0.05, 0.1) is 29.6 Å². The molecule has 5 aliphatic rings. The highest BCUT2D eigenvalue weighted by Gasteiger charge is 2.63. The monoisotopic (exact) mass is 796 g/mol. The van der Waals surface area contributed by atoms with Crippen molar-refractivity contribution in [3.63, 3.8) is 0 Å². The topological polar surface area (TPSA) is 160 Å². The highest BCUT2D eigenvalue weighted by atomic mass is 35.5. The number of ether oxygens (including phenoxy) is 2. The number of amides is 4. The number of sulfonamides is 1. The summed E-state index contributed by atoms with van der Waals surface area (Å²) in [6, 6.07) is 3.88. The Morgan fingerprint density at radius 3 is 2.65 bits per heavy atom. The average Bonchev–Trinajstić information content (AvgIpc) is 3.90. The summed E-state index contributed by atoms with van der Waals surface area (Å²) in [6.45, 7) is 2.17. The molecule has 0 bridgehead atoms. The van der Waals surface area contributed by atoms with Gasteiger partial charge in [0.25, 0.3) is 5.91 Å². The lowest BCUT2D eigenvalue weighted by molar-refractivity contribution is -0.134. The summed E-state index contributed by atoms with van der Waals surface area (Å²) in [6.07, 6.45) is 10.3. The van der Waals surface area contributed by atoms with E-state index >= 15 is 0 Å². The zero-order valence-corrected chi connectivity index (χ0v) is 33.0. The maximum atomic E-state index is 14.3. The number of urea groups is 1. The molecule has 0 spiro atoms. The fourth-order valence-electron chi connectivity index (χ4n) is 7.65. The summed E-state index contributed by atoms with van der Waals surface area (Å²) in [5, 5.41) is 6.66. The molecule has 4 fully saturated rings. The number of carbonyl (C=O) groups excluding carboxylic acids is 3. The van der Waals surface area contributed by atoms with E-state index in [1.165, 1.54) is 29.8 Å². The molecular weight excluding hydrogens is 752 g/mol. The maximum Gasteiger partial charge on any atom is 0.319 e. The molecule has 4 atom stereocenters.